The van der Waals surface area contributed by atoms with E-state index < -0.39 is 27.7 Å². The number of nitrogens with one attached hydrogen (secondary N) is 2. The van der Waals surface area contributed by atoms with E-state index in [1.54, 1.807) is 19.2 Å². The van der Waals surface area contributed by atoms with Gasteiger partial charge >= 0.3 is 11.8 Å². The summed E-state index contributed by atoms with van der Waals surface area (Å²) in [6.07, 6.45) is 3.21. The zero-order valence-corrected chi connectivity index (χ0v) is 20.3. The van der Waals surface area contributed by atoms with Crippen molar-refractivity contribution in [3.8, 4) is 5.75 Å². The van der Waals surface area contributed by atoms with Crippen LogP contribution in [-0.4, -0.2) is 32.6 Å². The minimum Gasteiger partial charge on any atom is -0.497 e. The van der Waals surface area contributed by atoms with Crippen molar-refractivity contribution in [3.63, 3.8) is 0 Å². The maximum absolute atomic E-state index is 12.8. The highest BCUT2D eigenvalue weighted by Gasteiger charge is 2.30. The van der Waals surface area contributed by atoms with Gasteiger partial charge in [0.05, 0.1) is 23.3 Å². The Morgan fingerprint density at radius 2 is 1.43 bits per heavy atom. The summed E-state index contributed by atoms with van der Waals surface area (Å²) >= 11 is 0. The largest absolute Gasteiger partial charge is 0.497 e. The second-order valence-corrected chi connectivity index (χ2v) is 10.7. The van der Waals surface area contributed by atoms with Crippen LogP contribution < -0.4 is 15.4 Å². The van der Waals surface area contributed by atoms with E-state index in [4.69, 9.17) is 4.74 Å². The molecule has 182 valence electrons. The number of rotatable bonds is 7. The highest BCUT2D eigenvalue weighted by atomic mass is 32.2. The first-order valence-electron chi connectivity index (χ1n) is 11.5. The van der Waals surface area contributed by atoms with Crippen molar-refractivity contribution >= 4 is 27.3 Å². The highest BCUT2D eigenvalue weighted by Crippen LogP contribution is 2.30. The smallest absolute Gasteiger partial charge is 0.313 e. The van der Waals surface area contributed by atoms with Crippen molar-refractivity contribution in [1.29, 1.82) is 0 Å². The molecular formula is C27H28N2O5S. The van der Waals surface area contributed by atoms with Crippen LogP contribution in [0.1, 0.15) is 42.9 Å². The normalized spacial score (nSPS) is 14.8. The topological polar surface area (TPSA) is 102 Å². The molecule has 0 heterocycles. The molecule has 3 aromatic carbocycles. The summed E-state index contributed by atoms with van der Waals surface area (Å²) in [5, 5.41) is 5.00. The first-order chi connectivity index (χ1) is 16.9. The Morgan fingerprint density at radius 3 is 2.03 bits per heavy atom. The molecule has 35 heavy (non-hydrogen) atoms. The third-order valence-corrected chi connectivity index (χ3v) is 8.52. The number of hydrogen-bond acceptors (Lipinski definition) is 5. The molecule has 3 aromatic rings. The maximum Gasteiger partial charge on any atom is 0.313 e. The van der Waals surface area contributed by atoms with Crippen LogP contribution >= 0.6 is 0 Å². The molecule has 0 aliphatic heterocycles. The zero-order chi connectivity index (χ0) is 24.8. The molecular weight excluding hydrogens is 464 g/mol. The molecule has 0 aromatic heterocycles. The lowest BCUT2D eigenvalue weighted by molar-refractivity contribution is -0.136. The first-order valence-corrected chi connectivity index (χ1v) is 13.1. The summed E-state index contributed by atoms with van der Waals surface area (Å²) in [5.74, 6) is -0.966. The van der Waals surface area contributed by atoms with Crippen LogP contribution in [0.5, 0.6) is 5.75 Å². The molecule has 0 spiro atoms. The van der Waals surface area contributed by atoms with Crippen molar-refractivity contribution < 1.29 is 22.7 Å². The van der Waals surface area contributed by atoms with Gasteiger partial charge in [-0.2, -0.15) is 0 Å². The third kappa shape index (κ3) is 5.71. The summed E-state index contributed by atoms with van der Waals surface area (Å²) in [6.45, 7) is 0. The minimum absolute atomic E-state index is 0.232. The van der Waals surface area contributed by atoms with Crippen LogP contribution in [0.25, 0.3) is 0 Å². The van der Waals surface area contributed by atoms with E-state index in [9.17, 15) is 18.0 Å². The molecule has 0 saturated heterocycles. The number of sulfone groups is 1. The average Bonchev–Trinajstić information content (AvgIpc) is 3.44. The number of carbonyl (C=O) groups is 2. The number of anilines is 1. The van der Waals surface area contributed by atoms with Crippen LogP contribution in [0, 0.1) is 0 Å². The number of benzene rings is 3. The molecule has 1 fully saturated rings. The second-order valence-electron chi connectivity index (χ2n) is 8.52. The summed E-state index contributed by atoms with van der Waals surface area (Å²) in [4.78, 5) is 25.7. The van der Waals surface area contributed by atoms with Gasteiger partial charge in [-0.1, -0.05) is 55.3 Å². The Hall–Kier alpha value is -3.65. The zero-order valence-electron chi connectivity index (χ0n) is 19.4. The van der Waals surface area contributed by atoms with Crippen molar-refractivity contribution in [1.82, 2.24) is 5.32 Å². The van der Waals surface area contributed by atoms with Crippen LogP contribution in [-0.2, 0) is 19.4 Å². The Kier molecular flexibility index (Phi) is 7.51. The number of ether oxygens (including phenoxy) is 1. The SMILES string of the molecule is COc1ccc([C@H](NC(=O)C(=O)Nc2ccc(S(=O)(=O)C3CCCC3)cc2)c2ccccc2)cc1. The van der Waals surface area contributed by atoms with Gasteiger partial charge in [0.2, 0.25) is 0 Å². The lowest BCUT2D eigenvalue weighted by Gasteiger charge is -2.20. The van der Waals surface area contributed by atoms with Crippen LogP contribution in [0.15, 0.2) is 83.8 Å². The van der Waals surface area contributed by atoms with Gasteiger partial charge in [0.1, 0.15) is 5.75 Å². The summed E-state index contributed by atoms with van der Waals surface area (Å²) < 4.78 is 30.7. The van der Waals surface area contributed by atoms with E-state index in [0.29, 0.717) is 24.3 Å². The number of amides is 2. The predicted molar refractivity (Wildman–Crippen MR) is 134 cm³/mol. The summed E-state index contributed by atoms with van der Waals surface area (Å²) in [7, 11) is -1.81. The Labute approximate surface area is 205 Å². The van der Waals surface area contributed by atoms with Crippen molar-refractivity contribution in [3.05, 3.63) is 90.0 Å². The molecule has 1 aliphatic rings. The maximum atomic E-state index is 12.8. The molecule has 0 unspecified atom stereocenters. The Morgan fingerprint density at radius 1 is 0.829 bits per heavy atom. The molecule has 0 bridgehead atoms. The second kappa shape index (κ2) is 10.7. The van der Waals surface area contributed by atoms with Gasteiger partial charge in [0.25, 0.3) is 0 Å². The first kappa shape index (κ1) is 24.5. The van der Waals surface area contributed by atoms with Crippen molar-refractivity contribution in [2.45, 2.75) is 41.9 Å². The van der Waals surface area contributed by atoms with Gasteiger partial charge in [-0.3, -0.25) is 9.59 Å². The highest BCUT2D eigenvalue weighted by molar-refractivity contribution is 7.92. The molecule has 0 radical (unpaired) electrons. The number of carbonyl (C=O) groups excluding carboxylic acids is 2. The van der Waals surface area contributed by atoms with Crippen molar-refractivity contribution in [2.75, 3.05) is 12.4 Å². The van der Waals surface area contributed by atoms with E-state index in [0.717, 1.165) is 24.0 Å². The molecule has 7 nitrogen and oxygen atoms in total. The molecule has 2 amide bonds. The van der Waals surface area contributed by atoms with E-state index in [1.807, 2.05) is 42.5 Å². The Bertz CT molecular complexity index is 1270. The molecule has 1 saturated carbocycles. The van der Waals surface area contributed by atoms with Crippen LogP contribution in [0.4, 0.5) is 5.69 Å². The van der Waals surface area contributed by atoms with Gasteiger partial charge in [0, 0.05) is 5.69 Å². The average molecular weight is 493 g/mol. The standard InChI is InChI=1S/C27H28N2O5S/c1-34-22-15-11-20(12-16-22)25(19-7-3-2-4-8-19)29-27(31)26(30)28-21-13-17-24(18-14-21)35(32,33)23-9-5-6-10-23/h2-4,7-8,11-18,23,25H,5-6,9-10H2,1H3,(H,28,30)(H,29,31)/t25-/m1/s1. The fraction of sp³-hybridized carbons (Fsp3) is 0.259. The van der Waals surface area contributed by atoms with Gasteiger partial charge in [-0.05, 0) is 60.4 Å². The number of methoxy groups -OCH3 is 1. The fourth-order valence-corrected chi connectivity index (χ4v) is 6.16. The molecule has 2 N–H and O–H groups in total. The minimum atomic E-state index is -3.38. The summed E-state index contributed by atoms with van der Waals surface area (Å²) in [5.41, 5.74) is 1.95. The molecule has 4 rings (SSSR count). The Balaban J connectivity index is 1.46. The predicted octanol–water partition coefficient (Wildman–Crippen LogP) is 4.26. The lowest BCUT2D eigenvalue weighted by atomic mass is 9.98. The lowest BCUT2D eigenvalue weighted by Crippen LogP contribution is -2.38. The molecule has 1 atom stereocenters. The van der Waals surface area contributed by atoms with Crippen molar-refractivity contribution in [2.24, 2.45) is 0 Å². The van der Waals surface area contributed by atoms with Gasteiger partial charge < -0.3 is 15.4 Å². The van der Waals surface area contributed by atoms with E-state index in [2.05, 4.69) is 10.6 Å². The van der Waals surface area contributed by atoms with Gasteiger partial charge in [0.15, 0.2) is 9.84 Å². The van der Waals surface area contributed by atoms with E-state index >= 15 is 0 Å². The number of hydrogen-bond donors (Lipinski definition) is 2. The van der Waals surface area contributed by atoms with E-state index in [-0.39, 0.29) is 10.1 Å². The quantitative estimate of drug-likeness (QED) is 0.480. The fourth-order valence-electron chi connectivity index (χ4n) is 4.30. The van der Waals surface area contributed by atoms with E-state index in [1.165, 1.54) is 24.3 Å². The summed E-state index contributed by atoms with van der Waals surface area (Å²) in [6, 6.07) is 22.0. The molecule has 8 heteroatoms. The third-order valence-electron chi connectivity index (χ3n) is 6.25. The van der Waals surface area contributed by atoms with Gasteiger partial charge in [-0.15, -0.1) is 0 Å². The van der Waals surface area contributed by atoms with Crippen LogP contribution in [0.2, 0.25) is 0 Å². The van der Waals surface area contributed by atoms with Gasteiger partial charge in [-0.25, -0.2) is 8.42 Å². The monoisotopic (exact) mass is 492 g/mol. The molecule has 1 aliphatic carbocycles. The van der Waals surface area contributed by atoms with Crippen LogP contribution in [0.3, 0.4) is 0 Å².